The summed E-state index contributed by atoms with van der Waals surface area (Å²) in [6.07, 6.45) is 9.44. The van der Waals surface area contributed by atoms with Crippen LogP contribution in [-0.4, -0.2) is 13.2 Å². The molecule has 2 nitrogen and oxygen atoms in total. The number of aryl methyl sites for hydroxylation is 1. The van der Waals surface area contributed by atoms with Gasteiger partial charge < -0.3 is 10.1 Å². The minimum absolute atomic E-state index is 0.542. The van der Waals surface area contributed by atoms with E-state index in [0.29, 0.717) is 12.1 Å². The number of nitrogens with one attached hydrogen (secondary N) is 1. The number of rotatable bonds is 4. The van der Waals surface area contributed by atoms with Gasteiger partial charge in [-0.25, -0.2) is 0 Å². The lowest BCUT2D eigenvalue weighted by Crippen LogP contribution is -2.36. The summed E-state index contributed by atoms with van der Waals surface area (Å²) in [4.78, 5) is 0. The fourth-order valence-corrected chi connectivity index (χ4v) is 4.00. The Hall–Kier alpha value is -1.02. The van der Waals surface area contributed by atoms with Gasteiger partial charge in [-0.15, -0.1) is 0 Å². The zero-order valence-electron chi connectivity index (χ0n) is 12.8. The molecule has 1 fully saturated rings. The largest absolute Gasteiger partial charge is 0.497 e. The van der Waals surface area contributed by atoms with E-state index in [9.17, 15) is 0 Å². The summed E-state index contributed by atoms with van der Waals surface area (Å²) in [7, 11) is 1.75. The molecule has 0 spiro atoms. The summed E-state index contributed by atoms with van der Waals surface area (Å²) >= 11 is 0. The maximum absolute atomic E-state index is 5.36. The van der Waals surface area contributed by atoms with Crippen LogP contribution in [0.15, 0.2) is 18.2 Å². The van der Waals surface area contributed by atoms with Crippen molar-refractivity contribution in [3.63, 3.8) is 0 Å². The number of hydrogen-bond acceptors (Lipinski definition) is 2. The molecule has 1 aromatic carbocycles. The molecule has 0 aromatic heterocycles. The second kappa shape index (κ2) is 6.17. The van der Waals surface area contributed by atoms with E-state index in [1.54, 1.807) is 7.11 Å². The third kappa shape index (κ3) is 2.85. The van der Waals surface area contributed by atoms with Crippen LogP contribution in [0.25, 0.3) is 0 Å². The van der Waals surface area contributed by atoms with Crippen molar-refractivity contribution in [1.29, 1.82) is 0 Å². The van der Waals surface area contributed by atoms with Gasteiger partial charge in [-0.1, -0.05) is 18.9 Å². The molecule has 2 aliphatic carbocycles. The monoisotopic (exact) mass is 273 g/mol. The van der Waals surface area contributed by atoms with E-state index in [4.69, 9.17) is 4.74 Å². The molecule has 2 aliphatic rings. The zero-order chi connectivity index (χ0) is 13.9. The number of methoxy groups -OCH3 is 1. The van der Waals surface area contributed by atoms with Crippen LogP contribution >= 0.6 is 0 Å². The summed E-state index contributed by atoms with van der Waals surface area (Å²) < 4.78 is 5.36. The molecular formula is C18H27NO. The third-order valence-corrected chi connectivity index (χ3v) is 5.24. The average molecular weight is 273 g/mol. The molecular weight excluding hydrogens is 246 g/mol. The highest BCUT2D eigenvalue weighted by atomic mass is 16.5. The summed E-state index contributed by atoms with van der Waals surface area (Å²) in [6, 6.07) is 7.80. The molecule has 0 heterocycles. The van der Waals surface area contributed by atoms with Gasteiger partial charge in [0.25, 0.3) is 0 Å². The highest BCUT2D eigenvalue weighted by Crippen LogP contribution is 2.34. The van der Waals surface area contributed by atoms with Gasteiger partial charge in [0.1, 0.15) is 5.75 Å². The van der Waals surface area contributed by atoms with E-state index in [2.05, 4.69) is 30.4 Å². The molecule has 2 atom stereocenters. The molecule has 1 unspecified atom stereocenters. The van der Waals surface area contributed by atoms with Crippen LogP contribution in [0.5, 0.6) is 5.75 Å². The maximum Gasteiger partial charge on any atom is 0.119 e. The first-order chi connectivity index (χ1) is 9.78. The number of fused-ring (bicyclic) bond motifs is 1. The van der Waals surface area contributed by atoms with Crippen LogP contribution in [0, 0.1) is 5.92 Å². The second-order valence-electron chi connectivity index (χ2n) is 6.51. The van der Waals surface area contributed by atoms with Gasteiger partial charge >= 0.3 is 0 Å². The Labute approximate surface area is 122 Å². The Bertz CT molecular complexity index is 451. The Morgan fingerprint density at radius 3 is 2.70 bits per heavy atom. The van der Waals surface area contributed by atoms with Gasteiger partial charge in [0, 0.05) is 12.1 Å². The van der Waals surface area contributed by atoms with Crippen LogP contribution in [-0.2, 0) is 6.42 Å². The molecule has 1 N–H and O–H groups in total. The van der Waals surface area contributed by atoms with Crippen LogP contribution in [0.2, 0.25) is 0 Å². The molecule has 20 heavy (non-hydrogen) atoms. The molecule has 110 valence electrons. The zero-order valence-corrected chi connectivity index (χ0v) is 12.8. The first kappa shape index (κ1) is 13.9. The normalized spacial score (nSPS) is 24.4. The number of ether oxygens (including phenoxy) is 1. The van der Waals surface area contributed by atoms with Gasteiger partial charge in [-0.3, -0.25) is 0 Å². The van der Waals surface area contributed by atoms with Crippen LogP contribution in [0.1, 0.15) is 62.6 Å². The van der Waals surface area contributed by atoms with E-state index in [-0.39, 0.29) is 0 Å². The standard InChI is InChI=1S/C18H27NO/c1-13(14-6-3-4-7-14)19-18-9-5-8-15-12-16(20-2)10-11-17(15)18/h10-14,18-19H,3-9H2,1-2H3/t13-,18?/m1/s1. The van der Waals surface area contributed by atoms with Gasteiger partial charge in [-0.2, -0.15) is 0 Å². The lowest BCUT2D eigenvalue weighted by molar-refractivity contribution is 0.324. The lowest BCUT2D eigenvalue weighted by Gasteiger charge is -2.31. The van der Waals surface area contributed by atoms with Crippen molar-refractivity contribution in [2.75, 3.05) is 7.11 Å². The van der Waals surface area contributed by atoms with Crippen molar-refractivity contribution in [2.24, 2.45) is 5.92 Å². The highest BCUT2D eigenvalue weighted by molar-refractivity contribution is 5.39. The summed E-state index contributed by atoms with van der Waals surface area (Å²) in [5, 5.41) is 3.91. The summed E-state index contributed by atoms with van der Waals surface area (Å²) in [5.74, 6) is 1.88. The van der Waals surface area contributed by atoms with Crippen LogP contribution < -0.4 is 10.1 Å². The van der Waals surface area contributed by atoms with Crippen LogP contribution in [0.3, 0.4) is 0 Å². The Kier molecular flexibility index (Phi) is 4.30. The highest BCUT2D eigenvalue weighted by Gasteiger charge is 2.26. The fourth-order valence-electron chi connectivity index (χ4n) is 4.00. The number of hydrogen-bond donors (Lipinski definition) is 1. The van der Waals surface area contributed by atoms with Crippen molar-refractivity contribution in [3.05, 3.63) is 29.3 Å². The third-order valence-electron chi connectivity index (χ3n) is 5.24. The first-order valence-corrected chi connectivity index (χ1v) is 8.21. The average Bonchev–Trinajstić information content (AvgIpc) is 3.01. The smallest absolute Gasteiger partial charge is 0.119 e. The predicted octanol–water partition coefficient (Wildman–Crippen LogP) is 4.24. The first-order valence-electron chi connectivity index (χ1n) is 8.21. The molecule has 1 aromatic rings. The molecule has 0 aliphatic heterocycles. The molecule has 0 bridgehead atoms. The Morgan fingerprint density at radius 1 is 1.15 bits per heavy atom. The predicted molar refractivity (Wildman–Crippen MR) is 83.2 cm³/mol. The SMILES string of the molecule is COc1ccc2c(c1)CCCC2N[C@H](C)C1CCCC1. The van der Waals surface area contributed by atoms with Crippen molar-refractivity contribution in [2.45, 2.75) is 64.0 Å². The van der Waals surface area contributed by atoms with Gasteiger partial charge in [0.15, 0.2) is 0 Å². The van der Waals surface area contributed by atoms with Crippen molar-refractivity contribution in [3.8, 4) is 5.75 Å². The van der Waals surface area contributed by atoms with Gasteiger partial charge in [0.2, 0.25) is 0 Å². The molecule has 2 heteroatoms. The molecule has 0 amide bonds. The van der Waals surface area contributed by atoms with Gasteiger partial charge in [0.05, 0.1) is 7.11 Å². The molecule has 0 radical (unpaired) electrons. The maximum atomic E-state index is 5.36. The minimum Gasteiger partial charge on any atom is -0.497 e. The summed E-state index contributed by atoms with van der Waals surface area (Å²) in [5.41, 5.74) is 2.98. The van der Waals surface area contributed by atoms with Crippen molar-refractivity contribution >= 4 is 0 Å². The second-order valence-corrected chi connectivity index (χ2v) is 6.51. The van der Waals surface area contributed by atoms with Crippen molar-refractivity contribution < 1.29 is 4.74 Å². The van der Waals surface area contributed by atoms with Gasteiger partial charge in [-0.05, 0) is 68.2 Å². The topological polar surface area (TPSA) is 21.3 Å². The Morgan fingerprint density at radius 2 is 1.95 bits per heavy atom. The number of benzene rings is 1. The quantitative estimate of drug-likeness (QED) is 0.886. The van der Waals surface area contributed by atoms with Crippen molar-refractivity contribution in [1.82, 2.24) is 5.32 Å². The van der Waals surface area contributed by atoms with E-state index < -0.39 is 0 Å². The summed E-state index contributed by atoms with van der Waals surface area (Å²) in [6.45, 7) is 2.38. The minimum atomic E-state index is 0.542. The lowest BCUT2D eigenvalue weighted by atomic mass is 9.86. The molecule has 1 saturated carbocycles. The van der Waals surface area contributed by atoms with E-state index in [0.717, 1.165) is 11.7 Å². The molecule has 0 saturated heterocycles. The van der Waals surface area contributed by atoms with Crippen LogP contribution in [0.4, 0.5) is 0 Å². The molecule has 3 rings (SSSR count). The Balaban J connectivity index is 1.72. The van der Waals surface area contributed by atoms with E-state index in [1.807, 2.05) is 0 Å². The fraction of sp³-hybridized carbons (Fsp3) is 0.667. The van der Waals surface area contributed by atoms with E-state index in [1.165, 1.54) is 56.1 Å². The van der Waals surface area contributed by atoms with E-state index >= 15 is 0 Å².